The number of aliphatic hydroxyl groups is 1. The molecule has 0 saturated carbocycles. The van der Waals surface area contributed by atoms with Crippen LogP contribution in [0.5, 0.6) is 0 Å². The molecule has 0 bridgehead atoms. The molecule has 2 rings (SSSR count). The van der Waals surface area contributed by atoms with Crippen molar-refractivity contribution in [2.75, 3.05) is 26.7 Å². The van der Waals surface area contributed by atoms with E-state index >= 15 is 0 Å². The lowest BCUT2D eigenvalue weighted by molar-refractivity contribution is 0.114. The molecule has 0 aromatic heterocycles. The Morgan fingerprint density at radius 1 is 1.25 bits per heavy atom. The second-order valence-corrected chi connectivity index (χ2v) is 4.75. The fraction of sp³-hybridized carbons (Fsp3) is 0.538. The number of rotatable bonds is 2. The van der Waals surface area contributed by atoms with Crippen LogP contribution in [0.15, 0.2) is 24.3 Å². The van der Waals surface area contributed by atoms with Gasteiger partial charge in [-0.2, -0.15) is 0 Å². The van der Waals surface area contributed by atoms with E-state index in [1.165, 1.54) is 12.1 Å². The Bertz CT molecular complexity index is 341. The minimum Gasteiger partial charge on any atom is -0.395 e. The monoisotopic (exact) mass is 223 g/mol. The maximum Gasteiger partial charge on any atom is 0.123 e. The summed E-state index contributed by atoms with van der Waals surface area (Å²) < 4.78 is 12.9. The fourth-order valence-corrected chi connectivity index (χ4v) is 2.39. The van der Waals surface area contributed by atoms with Gasteiger partial charge in [-0.3, -0.25) is 0 Å². The summed E-state index contributed by atoms with van der Waals surface area (Å²) in [6.45, 7) is 2.11. The number of likely N-dealkylation sites (tertiary alicyclic amines) is 1. The van der Waals surface area contributed by atoms with Crippen molar-refractivity contribution in [3.63, 3.8) is 0 Å². The number of nitrogens with zero attached hydrogens (tertiary/aromatic N) is 1. The fourth-order valence-electron chi connectivity index (χ4n) is 2.39. The third-order valence-corrected chi connectivity index (χ3v) is 3.70. The molecule has 0 spiro atoms. The Labute approximate surface area is 95.7 Å². The molecular weight excluding hydrogens is 205 g/mol. The summed E-state index contributed by atoms with van der Waals surface area (Å²) in [4.78, 5) is 2.26. The Morgan fingerprint density at radius 3 is 2.31 bits per heavy atom. The number of halogens is 1. The largest absolute Gasteiger partial charge is 0.395 e. The van der Waals surface area contributed by atoms with Crippen molar-refractivity contribution in [1.29, 1.82) is 0 Å². The molecule has 1 aromatic carbocycles. The highest BCUT2D eigenvalue weighted by Gasteiger charge is 2.34. The normalized spacial score (nSPS) is 20.9. The molecule has 0 radical (unpaired) electrons. The number of benzene rings is 1. The Morgan fingerprint density at radius 2 is 1.81 bits per heavy atom. The van der Waals surface area contributed by atoms with E-state index in [0.717, 1.165) is 31.5 Å². The van der Waals surface area contributed by atoms with Crippen molar-refractivity contribution in [3.8, 4) is 0 Å². The minimum atomic E-state index is -0.218. The van der Waals surface area contributed by atoms with Gasteiger partial charge in [-0.15, -0.1) is 0 Å². The highest BCUT2D eigenvalue weighted by molar-refractivity contribution is 5.27. The van der Waals surface area contributed by atoms with Gasteiger partial charge in [-0.05, 0) is 50.7 Å². The van der Waals surface area contributed by atoms with Crippen molar-refractivity contribution in [2.24, 2.45) is 0 Å². The van der Waals surface area contributed by atoms with Crippen LogP contribution < -0.4 is 0 Å². The van der Waals surface area contributed by atoms with Gasteiger partial charge in [-0.1, -0.05) is 12.1 Å². The van der Waals surface area contributed by atoms with Gasteiger partial charge in [0.05, 0.1) is 6.61 Å². The standard InChI is InChI=1S/C13H18FNO/c1-15-8-6-13(10-16,7-9-15)11-2-4-12(14)5-3-11/h2-5,16H,6-10H2,1H3. The molecule has 16 heavy (non-hydrogen) atoms. The van der Waals surface area contributed by atoms with E-state index in [9.17, 15) is 9.50 Å². The highest BCUT2D eigenvalue weighted by atomic mass is 19.1. The van der Waals surface area contributed by atoms with Crippen molar-refractivity contribution >= 4 is 0 Å². The number of hydrogen-bond acceptors (Lipinski definition) is 2. The van der Waals surface area contributed by atoms with E-state index < -0.39 is 0 Å². The summed E-state index contributed by atoms with van der Waals surface area (Å²) in [5.74, 6) is -0.218. The summed E-state index contributed by atoms with van der Waals surface area (Å²) >= 11 is 0. The van der Waals surface area contributed by atoms with Gasteiger partial charge < -0.3 is 10.0 Å². The van der Waals surface area contributed by atoms with Gasteiger partial charge in [0, 0.05) is 5.41 Å². The third-order valence-electron chi connectivity index (χ3n) is 3.70. The average Bonchev–Trinajstić information content (AvgIpc) is 2.32. The lowest BCUT2D eigenvalue weighted by Crippen LogP contribution is -2.43. The Kier molecular flexibility index (Phi) is 3.26. The lowest BCUT2D eigenvalue weighted by atomic mass is 9.73. The van der Waals surface area contributed by atoms with Crippen LogP contribution in [0.4, 0.5) is 4.39 Å². The number of aliphatic hydroxyl groups excluding tert-OH is 1. The topological polar surface area (TPSA) is 23.5 Å². The highest BCUT2D eigenvalue weighted by Crippen LogP contribution is 2.34. The molecule has 1 saturated heterocycles. The van der Waals surface area contributed by atoms with Crippen molar-refractivity contribution < 1.29 is 9.50 Å². The van der Waals surface area contributed by atoms with E-state index in [1.54, 1.807) is 12.1 Å². The summed E-state index contributed by atoms with van der Waals surface area (Å²) in [6, 6.07) is 6.56. The molecule has 1 aliphatic heterocycles. The molecule has 88 valence electrons. The summed E-state index contributed by atoms with van der Waals surface area (Å²) in [7, 11) is 2.09. The maximum atomic E-state index is 12.9. The second-order valence-electron chi connectivity index (χ2n) is 4.75. The van der Waals surface area contributed by atoms with Crippen LogP contribution in [-0.4, -0.2) is 36.8 Å². The van der Waals surface area contributed by atoms with Gasteiger partial charge >= 0.3 is 0 Å². The maximum absolute atomic E-state index is 12.9. The van der Waals surface area contributed by atoms with Crippen molar-refractivity contribution in [3.05, 3.63) is 35.6 Å². The third kappa shape index (κ3) is 2.11. The van der Waals surface area contributed by atoms with E-state index in [0.29, 0.717) is 0 Å². The van der Waals surface area contributed by atoms with Crippen molar-refractivity contribution in [1.82, 2.24) is 4.90 Å². The number of piperidine rings is 1. The van der Waals surface area contributed by atoms with E-state index in [2.05, 4.69) is 11.9 Å². The van der Waals surface area contributed by atoms with Gasteiger partial charge in [0.25, 0.3) is 0 Å². The number of hydrogen-bond donors (Lipinski definition) is 1. The lowest BCUT2D eigenvalue weighted by Gasteiger charge is -2.39. The second kappa shape index (κ2) is 4.52. The van der Waals surface area contributed by atoms with Crippen LogP contribution in [0.25, 0.3) is 0 Å². The first-order valence-electron chi connectivity index (χ1n) is 5.72. The SMILES string of the molecule is CN1CCC(CO)(c2ccc(F)cc2)CC1. The van der Waals surface area contributed by atoms with Crippen LogP contribution in [0, 0.1) is 5.82 Å². The molecule has 0 atom stereocenters. The molecule has 0 unspecified atom stereocenters. The molecule has 0 aliphatic carbocycles. The first-order chi connectivity index (χ1) is 7.66. The minimum absolute atomic E-state index is 0.145. The molecule has 1 N–H and O–H groups in total. The molecule has 0 amide bonds. The van der Waals surface area contributed by atoms with Crippen LogP contribution in [-0.2, 0) is 5.41 Å². The predicted molar refractivity (Wildman–Crippen MR) is 61.9 cm³/mol. The zero-order valence-corrected chi connectivity index (χ0v) is 9.62. The summed E-state index contributed by atoms with van der Waals surface area (Å²) in [6.07, 6.45) is 1.87. The molecule has 1 aromatic rings. The van der Waals surface area contributed by atoms with Crippen LogP contribution in [0.2, 0.25) is 0 Å². The zero-order valence-electron chi connectivity index (χ0n) is 9.62. The smallest absolute Gasteiger partial charge is 0.123 e. The Balaban J connectivity index is 2.24. The predicted octanol–water partition coefficient (Wildman–Crippen LogP) is 1.78. The van der Waals surface area contributed by atoms with Gasteiger partial charge in [0.15, 0.2) is 0 Å². The molecule has 1 aliphatic rings. The molecule has 1 fully saturated rings. The molecule has 2 nitrogen and oxygen atoms in total. The van der Waals surface area contributed by atoms with Crippen LogP contribution in [0.1, 0.15) is 18.4 Å². The quantitative estimate of drug-likeness (QED) is 0.826. The van der Waals surface area contributed by atoms with Gasteiger partial charge in [0.2, 0.25) is 0 Å². The summed E-state index contributed by atoms with van der Waals surface area (Å²) in [5.41, 5.74) is 0.893. The van der Waals surface area contributed by atoms with E-state index in [1.807, 2.05) is 0 Å². The first-order valence-corrected chi connectivity index (χ1v) is 5.72. The molecule has 1 heterocycles. The summed E-state index contributed by atoms with van der Waals surface area (Å²) in [5, 5.41) is 9.64. The average molecular weight is 223 g/mol. The first kappa shape index (κ1) is 11.6. The van der Waals surface area contributed by atoms with Crippen LogP contribution in [0.3, 0.4) is 0 Å². The van der Waals surface area contributed by atoms with E-state index in [-0.39, 0.29) is 17.8 Å². The van der Waals surface area contributed by atoms with Gasteiger partial charge in [0.1, 0.15) is 5.82 Å². The molecule has 3 heteroatoms. The molecular formula is C13H18FNO. The van der Waals surface area contributed by atoms with E-state index in [4.69, 9.17) is 0 Å². The Hall–Kier alpha value is -0.930. The van der Waals surface area contributed by atoms with Crippen molar-refractivity contribution in [2.45, 2.75) is 18.3 Å². The van der Waals surface area contributed by atoms with Crippen LogP contribution >= 0.6 is 0 Å². The zero-order chi connectivity index (χ0) is 11.6. The van der Waals surface area contributed by atoms with Gasteiger partial charge in [-0.25, -0.2) is 4.39 Å².